The largest absolute Gasteiger partial charge is 0.495 e. The number of urea groups is 1. The summed E-state index contributed by atoms with van der Waals surface area (Å²) < 4.78 is 10.8. The van der Waals surface area contributed by atoms with Gasteiger partial charge in [0.2, 0.25) is 0 Å². The lowest BCUT2D eigenvalue weighted by molar-refractivity contribution is 0.0349. The van der Waals surface area contributed by atoms with E-state index in [-0.39, 0.29) is 18.1 Å². The topological polar surface area (TPSA) is 86.9 Å². The van der Waals surface area contributed by atoms with Crippen LogP contribution in [0.4, 0.5) is 10.5 Å². The Kier molecular flexibility index (Phi) is 7.49. The number of morpholine rings is 1. The molecule has 1 saturated heterocycles. The predicted octanol–water partition coefficient (Wildman–Crippen LogP) is 3.52. The smallest absolute Gasteiger partial charge is 0.322 e. The zero-order valence-electron chi connectivity index (χ0n) is 20.0. The van der Waals surface area contributed by atoms with E-state index in [2.05, 4.69) is 15.2 Å². The summed E-state index contributed by atoms with van der Waals surface area (Å²) in [7, 11) is 1.57. The lowest BCUT2D eigenvalue weighted by Gasteiger charge is -2.30. The summed E-state index contributed by atoms with van der Waals surface area (Å²) in [6.07, 6.45) is 0. The van der Waals surface area contributed by atoms with Crippen molar-refractivity contribution in [3.8, 4) is 5.75 Å². The molecule has 1 fully saturated rings. The fourth-order valence-electron chi connectivity index (χ4n) is 4.17. The van der Waals surface area contributed by atoms with Gasteiger partial charge in [-0.3, -0.25) is 9.69 Å². The van der Waals surface area contributed by atoms with Gasteiger partial charge in [-0.1, -0.05) is 24.3 Å². The van der Waals surface area contributed by atoms with E-state index in [1.165, 1.54) is 0 Å². The molecule has 0 aliphatic carbocycles. The van der Waals surface area contributed by atoms with Crippen molar-refractivity contribution >= 4 is 22.6 Å². The third kappa shape index (κ3) is 5.40. The summed E-state index contributed by atoms with van der Waals surface area (Å²) in [5.41, 5.74) is 3.98. The van der Waals surface area contributed by atoms with Crippen molar-refractivity contribution in [3.63, 3.8) is 0 Å². The summed E-state index contributed by atoms with van der Waals surface area (Å²) in [5.74, 6) is 0.582. The standard InChI is InChI=1S/C26H32N4O4/c1-18-8-9-20-16-21(25(31)28-24(20)19(18)2)17-30(11-10-29-12-14-34-15-13-29)26(32)27-22-6-4-5-7-23(22)33-3/h4-9,16H,10-15,17H2,1-3H3,(H,27,32)(H,28,31). The molecule has 2 amide bonds. The molecule has 0 unspecified atom stereocenters. The van der Waals surface area contributed by atoms with Gasteiger partial charge >= 0.3 is 6.03 Å². The molecule has 4 rings (SSSR count). The fraction of sp³-hybridized carbons (Fsp3) is 0.385. The van der Waals surface area contributed by atoms with Crippen LogP contribution in [0.15, 0.2) is 47.3 Å². The Morgan fingerprint density at radius 2 is 1.94 bits per heavy atom. The van der Waals surface area contributed by atoms with Gasteiger partial charge in [-0.15, -0.1) is 0 Å². The van der Waals surface area contributed by atoms with Crippen LogP contribution in [-0.4, -0.2) is 67.3 Å². The van der Waals surface area contributed by atoms with Crippen LogP contribution < -0.4 is 15.6 Å². The zero-order valence-corrected chi connectivity index (χ0v) is 20.0. The number of anilines is 1. The van der Waals surface area contributed by atoms with Crippen molar-refractivity contribution in [2.24, 2.45) is 0 Å². The minimum absolute atomic E-state index is 0.178. The SMILES string of the molecule is COc1ccccc1NC(=O)N(CCN1CCOCC1)Cc1cc2ccc(C)c(C)c2[nH]c1=O. The molecule has 2 N–H and O–H groups in total. The van der Waals surface area contributed by atoms with E-state index < -0.39 is 0 Å². The first-order valence-corrected chi connectivity index (χ1v) is 11.6. The molecule has 0 saturated carbocycles. The molecule has 0 spiro atoms. The fourth-order valence-corrected chi connectivity index (χ4v) is 4.17. The number of para-hydroxylation sites is 2. The number of pyridine rings is 1. The van der Waals surface area contributed by atoms with E-state index in [4.69, 9.17) is 9.47 Å². The monoisotopic (exact) mass is 464 g/mol. The van der Waals surface area contributed by atoms with Gasteiger partial charge in [0.1, 0.15) is 5.75 Å². The summed E-state index contributed by atoms with van der Waals surface area (Å²) in [4.78, 5) is 33.3. The van der Waals surface area contributed by atoms with Gasteiger partial charge in [-0.25, -0.2) is 4.79 Å². The molecule has 1 aliphatic rings. The number of hydrogen-bond acceptors (Lipinski definition) is 5. The van der Waals surface area contributed by atoms with Crippen molar-refractivity contribution in [2.75, 3.05) is 51.8 Å². The second kappa shape index (κ2) is 10.7. The van der Waals surface area contributed by atoms with Crippen LogP contribution in [0.3, 0.4) is 0 Å². The number of aromatic nitrogens is 1. The predicted molar refractivity (Wildman–Crippen MR) is 134 cm³/mol. The highest BCUT2D eigenvalue weighted by atomic mass is 16.5. The Hall–Kier alpha value is -3.36. The molecule has 3 aromatic rings. The van der Waals surface area contributed by atoms with Gasteiger partial charge in [-0.05, 0) is 48.6 Å². The second-order valence-electron chi connectivity index (χ2n) is 8.60. The number of nitrogens with one attached hydrogen (secondary N) is 2. The minimum atomic E-state index is -0.280. The summed E-state index contributed by atoms with van der Waals surface area (Å²) in [5, 5.41) is 3.90. The van der Waals surface area contributed by atoms with Crippen LogP contribution in [0.25, 0.3) is 10.9 Å². The van der Waals surface area contributed by atoms with E-state index in [1.54, 1.807) is 24.1 Å². The van der Waals surface area contributed by atoms with Crippen LogP contribution in [0.1, 0.15) is 16.7 Å². The number of hydrogen-bond donors (Lipinski definition) is 2. The highest BCUT2D eigenvalue weighted by Gasteiger charge is 2.20. The average Bonchev–Trinajstić information content (AvgIpc) is 2.85. The van der Waals surface area contributed by atoms with Crippen molar-refractivity contribution in [3.05, 3.63) is 69.5 Å². The normalized spacial score (nSPS) is 14.2. The Labute approximate surface area is 199 Å². The molecule has 0 bridgehead atoms. The number of fused-ring (bicyclic) bond motifs is 1. The quantitative estimate of drug-likeness (QED) is 0.559. The number of carbonyl (C=O) groups is 1. The molecule has 0 atom stereocenters. The molecular formula is C26H32N4O4. The van der Waals surface area contributed by atoms with E-state index in [1.807, 2.05) is 44.2 Å². The Morgan fingerprint density at radius 3 is 2.71 bits per heavy atom. The number of H-pyrrole nitrogens is 1. The summed E-state index contributed by atoms with van der Waals surface area (Å²) in [6.45, 7) is 8.45. The minimum Gasteiger partial charge on any atom is -0.495 e. The highest BCUT2D eigenvalue weighted by Crippen LogP contribution is 2.24. The molecule has 8 heteroatoms. The van der Waals surface area contributed by atoms with Crippen LogP contribution in [0.2, 0.25) is 0 Å². The van der Waals surface area contributed by atoms with E-state index >= 15 is 0 Å². The van der Waals surface area contributed by atoms with Crippen LogP contribution in [0, 0.1) is 13.8 Å². The lowest BCUT2D eigenvalue weighted by atomic mass is 10.0. The molecule has 1 aromatic heterocycles. The zero-order chi connectivity index (χ0) is 24.1. The molecule has 2 heterocycles. The van der Waals surface area contributed by atoms with E-state index in [9.17, 15) is 9.59 Å². The Balaban J connectivity index is 1.59. The number of ether oxygens (including phenoxy) is 2. The molecule has 8 nitrogen and oxygen atoms in total. The van der Waals surface area contributed by atoms with Gasteiger partial charge in [0.05, 0.1) is 38.1 Å². The first kappa shape index (κ1) is 23.8. The van der Waals surface area contributed by atoms with Gasteiger partial charge < -0.3 is 24.7 Å². The van der Waals surface area contributed by atoms with Gasteiger partial charge in [0.25, 0.3) is 5.56 Å². The maximum Gasteiger partial charge on any atom is 0.322 e. The molecular weight excluding hydrogens is 432 g/mol. The van der Waals surface area contributed by atoms with Crippen LogP contribution in [-0.2, 0) is 11.3 Å². The number of aromatic amines is 1. The maximum atomic E-state index is 13.3. The highest BCUT2D eigenvalue weighted by molar-refractivity contribution is 5.91. The molecule has 0 radical (unpaired) electrons. The number of nitrogens with zero attached hydrogens (tertiary/aromatic N) is 2. The van der Waals surface area contributed by atoms with Gasteiger partial charge in [-0.2, -0.15) is 0 Å². The number of benzene rings is 2. The first-order chi connectivity index (χ1) is 16.5. The maximum absolute atomic E-state index is 13.3. The van der Waals surface area contributed by atoms with Crippen LogP contribution >= 0.6 is 0 Å². The molecule has 2 aromatic carbocycles. The summed E-state index contributed by atoms with van der Waals surface area (Å²) in [6, 6.07) is 12.9. The van der Waals surface area contributed by atoms with Crippen molar-refractivity contribution in [1.82, 2.24) is 14.8 Å². The first-order valence-electron chi connectivity index (χ1n) is 11.6. The Bertz CT molecular complexity index is 1220. The molecule has 1 aliphatic heterocycles. The van der Waals surface area contributed by atoms with E-state index in [0.29, 0.717) is 43.3 Å². The lowest BCUT2D eigenvalue weighted by Crippen LogP contribution is -2.44. The van der Waals surface area contributed by atoms with Gasteiger partial charge in [0.15, 0.2) is 0 Å². The number of amides is 2. The van der Waals surface area contributed by atoms with Crippen molar-refractivity contribution < 1.29 is 14.3 Å². The molecule has 180 valence electrons. The number of carbonyl (C=O) groups excluding carboxylic acids is 1. The Morgan fingerprint density at radius 1 is 1.18 bits per heavy atom. The summed E-state index contributed by atoms with van der Waals surface area (Å²) >= 11 is 0. The van der Waals surface area contributed by atoms with Gasteiger partial charge in [0, 0.05) is 31.7 Å². The van der Waals surface area contributed by atoms with Crippen molar-refractivity contribution in [2.45, 2.75) is 20.4 Å². The third-order valence-corrected chi connectivity index (χ3v) is 6.41. The number of aryl methyl sites for hydroxylation is 2. The number of rotatable bonds is 7. The second-order valence-corrected chi connectivity index (χ2v) is 8.60. The van der Waals surface area contributed by atoms with E-state index in [0.717, 1.165) is 35.1 Å². The van der Waals surface area contributed by atoms with Crippen molar-refractivity contribution in [1.29, 1.82) is 0 Å². The molecule has 34 heavy (non-hydrogen) atoms. The number of methoxy groups -OCH3 is 1. The average molecular weight is 465 g/mol. The van der Waals surface area contributed by atoms with Crippen LogP contribution in [0.5, 0.6) is 5.75 Å². The third-order valence-electron chi connectivity index (χ3n) is 6.41.